The largest absolute Gasteiger partial charge is 0.314 e. The minimum absolute atomic E-state index is 0.207. The van der Waals surface area contributed by atoms with Crippen LogP contribution in [0.3, 0.4) is 0 Å². The predicted molar refractivity (Wildman–Crippen MR) is 67.5 cm³/mol. The first-order valence-electron chi connectivity index (χ1n) is 6.22. The Morgan fingerprint density at radius 1 is 0.765 bits per heavy atom. The summed E-state index contributed by atoms with van der Waals surface area (Å²) in [5.41, 5.74) is 0. The summed E-state index contributed by atoms with van der Waals surface area (Å²) in [5.74, 6) is 0.414. The molecule has 7 heteroatoms. The lowest BCUT2D eigenvalue weighted by Gasteiger charge is -2.30. The second kappa shape index (κ2) is 6.10. The van der Waals surface area contributed by atoms with Gasteiger partial charge in [-0.15, -0.1) is 0 Å². The van der Waals surface area contributed by atoms with E-state index in [0.717, 1.165) is 52.4 Å². The van der Waals surface area contributed by atoms with Crippen LogP contribution in [-0.4, -0.2) is 82.3 Å². The highest BCUT2D eigenvalue weighted by molar-refractivity contribution is 7.91. The Morgan fingerprint density at radius 2 is 1.12 bits per heavy atom. The molecule has 0 bridgehead atoms. The highest BCUT2D eigenvalue weighted by Gasteiger charge is 2.22. The van der Waals surface area contributed by atoms with Crippen LogP contribution in [0.5, 0.6) is 0 Å². The molecule has 2 saturated heterocycles. The fourth-order valence-electron chi connectivity index (χ4n) is 2.28. The first-order valence-corrected chi connectivity index (χ1v) is 8.04. The fourth-order valence-corrected chi connectivity index (χ4v) is 3.99. The van der Waals surface area contributed by atoms with Crippen LogP contribution in [0, 0.1) is 0 Å². The number of piperazine rings is 2. The lowest BCUT2D eigenvalue weighted by Crippen LogP contribution is -2.49. The van der Waals surface area contributed by atoms with Crippen LogP contribution in [-0.2, 0) is 9.84 Å². The van der Waals surface area contributed by atoms with Crippen molar-refractivity contribution in [2.45, 2.75) is 0 Å². The van der Waals surface area contributed by atoms with E-state index in [1.807, 2.05) is 9.80 Å². The molecule has 2 heterocycles. The van der Waals surface area contributed by atoms with Gasteiger partial charge in [0.05, 0.1) is 0 Å². The highest BCUT2D eigenvalue weighted by Crippen LogP contribution is 2.03. The van der Waals surface area contributed by atoms with Gasteiger partial charge in [-0.2, -0.15) is 0 Å². The third-order valence-corrected chi connectivity index (χ3v) is 4.69. The van der Waals surface area contributed by atoms with E-state index < -0.39 is 9.84 Å². The van der Waals surface area contributed by atoms with Gasteiger partial charge in [-0.3, -0.25) is 9.80 Å². The summed E-state index contributed by atoms with van der Waals surface area (Å²) in [6, 6.07) is 0. The van der Waals surface area contributed by atoms with E-state index in [9.17, 15) is 8.42 Å². The topological polar surface area (TPSA) is 64.7 Å². The smallest absolute Gasteiger partial charge is 0.176 e. The van der Waals surface area contributed by atoms with Crippen LogP contribution < -0.4 is 10.6 Å². The molecule has 100 valence electrons. The summed E-state index contributed by atoms with van der Waals surface area (Å²) >= 11 is 0. The van der Waals surface area contributed by atoms with E-state index in [1.165, 1.54) is 0 Å². The molecular weight excluding hydrogens is 240 g/mol. The van der Waals surface area contributed by atoms with Crippen molar-refractivity contribution in [3.63, 3.8) is 0 Å². The maximum Gasteiger partial charge on any atom is 0.176 e. The number of rotatable bonds is 4. The van der Waals surface area contributed by atoms with Crippen LogP contribution in [0.25, 0.3) is 0 Å². The molecule has 0 spiro atoms. The molecule has 0 aliphatic carbocycles. The number of nitrogens with one attached hydrogen (secondary N) is 2. The Bertz CT molecular complexity index is 295. The van der Waals surface area contributed by atoms with Crippen molar-refractivity contribution in [2.24, 2.45) is 0 Å². The van der Waals surface area contributed by atoms with Crippen LogP contribution >= 0.6 is 0 Å². The van der Waals surface area contributed by atoms with E-state index in [0.29, 0.717) is 0 Å². The second-order valence-corrected chi connectivity index (χ2v) is 6.74. The number of sulfone groups is 1. The first kappa shape index (κ1) is 13.2. The van der Waals surface area contributed by atoms with Crippen molar-refractivity contribution in [3.05, 3.63) is 0 Å². The molecule has 0 amide bonds. The van der Waals surface area contributed by atoms with Gasteiger partial charge >= 0.3 is 0 Å². The standard InChI is InChI=1S/C10H22N4O2S/c15-17(16,9-13-5-1-11-2-6-13)10-14-7-3-12-4-8-14/h11-12H,1-10H2. The third kappa shape index (κ3) is 4.51. The van der Waals surface area contributed by atoms with Gasteiger partial charge in [-0.25, -0.2) is 8.42 Å². The van der Waals surface area contributed by atoms with E-state index in [1.54, 1.807) is 0 Å². The van der Waals surface area contributed by atoms with Crippen molar-refractivity contribution in [3.8, 4) is 0 Å². The lowest BCUT2D eigenvalue weighted by atomic mass is 10.4. The molecule has 2 aliphatic heterocycles. The SMILES string of the molecule is O=S(=O)(CN1CCNCC1)CN1CCNCC1. The van der Waals surface area contributed by atoms with Gasteiger partial charge in [0, 0.05) is 52.4 Å². The van der Waals surface area contributed by atoms with Crippen LogP contribution in [0.4, 0.5) is 0 Å². The van der Waals surface area contributed by atoms with Gasteiger partial charge in [0.1, 0.15) is 11.8 Å². The molecule has 0 unspecified atom stereocenters. The van der Waals surface area contributed by atoms with E-state index in [2.05, 4.69) is 10.6 Å². The first-order chi connectivity index (χ1) is 8.16. The van der Waals surface area contributed by atoms with Gasteiger partial charge in [-0.1, -0.05) is 0 Å². The average molecular weight is 262 g/mol. The predicted octanol–water partition coefficient (Wildman–Crippen LogP) is -1.87. The third-order valence-electron chi connectivity index (χ3n) is 3.18. The maximum absolute atomic E-state index is 12.0. The Kier molecular flexibility index (Phi) is 4.75. The summed E-state index contributed by atoms with van der Waals surface area (Å²) in [4.78, 5) is 4.04. The number of hydrogen-bond donors (Lipinski definition) is 2. The molecule has 0 saturated carbocycles. The van der Waals surface area contributed by atoms with Crippen LogP contribution in [0.15, 0.2) is 0 Å². The van der Waals surface area contributed by atoms with Crippen molar-refractivity contribution >= 4 is 9.84 Å². The maximum atomic E-state index is 12.0. The van der Waals surface area contributed by atoms with E-state index >= 15 is 0 Å². The Balaban J connectivity index is 1.80. The van der Waals surface area contributed by atoms with E-state index in [-0.39, 0.29) is 11.8 Å². The van der Waals surface area contributed by atoms with Crippen molar-refractivity contribution in [1.29, 1.82) is 0 Å². The molecule has 0 atom stereocenters. The molecule has 2 fully saturated rings. The molecular formula is C10H22N4O2S. The van der Waals surface area contributed by atoms with Gasteiger partial charge < -0.3 is 10.6 Å². The van der Waals surface area contributed by atoms with Gasteiger partial charge in [0.2, 0.25) is 0 Å². The van der Waals surface area contributed by atoms with Gasteiger partial charge in [-0.05, 0) is 0 Å². The lowest BCUT2D eigenvalue weighted by molar-refractivity contribution is 0.259. The molecule has 6 nitrogen and oxygen atoms in total. The normalized spacial score (nSPS) is 24.9. The zero-order chi connectivity index (χ0) is 12.1. The molecule has 0 aromatic heterocycles. The molecule has 2 rings (SSSR count). The quantitative estimate of drug-likeness (QED) is 0.619. The van der Waals surface area contributed by atoms with Crippen LogP contribution in [0.1, 0.15) is 0 Å². The Hall–Kier alpha value is -0.210. The zero-order valence-corrected chi connectivity index (χ0v) is 11.0. The molecule has 0 aromatic carbocycles. The fraction of sp³-hybridized carbons (Fsp3) is 1.00. The number of nitrogens with zero attached hydrogens (tertiary/aromatic N) is 2. The second-order valence-electron chi connectivity index (χ2n) is 4.74. The van der Waals surface area contributed by atoms with Gasteiger partial charge in [0.15, 0.2) is 9.84 Å². The summed E-state index contributed by atoms with van der Waals surface area (Å²) in [6.07, 6.45) is 0. The monoisotopic (exact) mass is 262 g/mol. The number of hydrogen-bond acceptors (Lipinski definition) is 6. The molecule has 17 heavy (non-hydrogen) atoms. The molecule has 2 aliphatic rings. The van der Waals surface area contributed by atoms with Crippen molar-refractivity contribution in [2.75, 3.05) is 64.1 Å². The minimum atomic E-state index is -2.98. The highest BCUT2D eigenvalue weighted by atomic mass is 32.2. The van der Waals surface area contributed by atoms with Crippen molar-refractivity contribution < 1.29 is 8.42 Å². The van der Waals surface area contributed by atoms with Crippen LogP contribution in [0.2, 0.25) is 0 Å². The molecule has 0 radical (unpaired) electrons. The summed E-state index contributed by atoms with van der Waals surface area (Å²) in [6.45, 7) is 6.90. The Morgan fingerprint density at radius 3 is 1.47 bits per heavy atom. The summed E-state index contributed by atoms with van der Waals surface area (Å²) in [7, 11) is -2.98. The molecule has 0 aromatic rings. The van der Waals surface area contributed by atoms with Crippen molar-refractivity contribution in [1.82, 2.24) is 20.4 Å². The molecule has 2 N–H and O–H groups in total. The summed E-state index contributed by atoms with van der Waals surface area (Å²) < 4.78 is 24.1. The Labute approximate surface area is 103 Å². The zero-order valence-electron chi connectivity index (χ0n) is 10.2. The van der Waals surface area contributed by atoms with Gasteiger partial charge in [0.25, 0.3) is 0 Å². The summed E-state index contributed by atoms with van der Waals surface area (Å²) in [5, 5.41) is 6.45. The minimum Gasteiger partial charge on any atom is -0.314 e. The van der Waals surface area contributed by atoms with E-state index in [4.69, 9.17) is 0 Å². The average Bonchev–Trinajstić information content (AvgIpc) is 2.30.